The maximum Gasteiger partial charge on any atom is 0.422 e. The van der Waals surface area contributed by atoms with Crippen molar-refractivity contribution in [3.05, 3.63) is 35.5 Å². The van der Waals surface area contributed by atoms with Crippen LogP contribution >= 0.6 is 23.1 Å². The van der Waals surface area contributed by atoms with Crippen molar-refractivity contribution in [2.45, 2.75) is 16.1 Å². The molecule has 0 aromatic carbocycles. The fourth-order valence-corrected chi connectivity index (χ4v) is 3.27. The van der Waals surface area contributed by atoms with E-state index >= 15 is 0 Å². The van der Waals surface area contributed by atoms with E-state index in [1.165, 1.54) is 19.4 Å². The van der Waals surface area contributed by atoms with Gasteiger partial charge >= 0.3 is 6.18 Å². The van der Waals surface area contributed by atoms with E-state index in [0.29, 0.717) is 11.4 Å². The van der Waals surface area contributed by atoms with Gasteiger partial charge in [-0.3, -0.25) is 4.98 Å². The maximum atomic E-state index is 12.2. The summed E-state index contributed by atoms with van der Waals surface area (Å²) < 4.78 is 47.7. The van der Waals surface area contributed by atoms with Gasteiger partial charge in [-0.2, -0.15) is 13.2 Å². The smallest absolute Gasteiger partial charge is 0.422 e. The first-order chi connectivity index (χ1) is 9.99. The van der Waals surface area contributed by atoms with Crippen molar-refractivity contribution in [1.82, 2.24) is 4.98 Å². The summed E-state index contributed by atoms with van der Waals surface area (Å²) in [7, 11) is 1.39. The summed E-state index contributed by atoms with van der Waals surface area (Å²) in [5.74, 6) is 0.782. The summed E-state index contributed by atoms with van der Waals surface area (Å²) in [6, 6.07) is 5.26. The van der Waals surface area contributed by atoms with Crippen molar-refractivity contribution >= 4 is 23.1 Å². The van der Waals surface area contributed by atoms with Crippen molar-refractivity contribution < 1.29 is 22.6 Å². The third-order valence-electron chi connectivity index (χ3n) is 2.38. The van der Waals surface area contributed by atoms with Gasteiger partial charge in [-0.15, -0.1) is 23.1 Å². The SMILES string of the molecule is COc1c(OCC(F)(F)F)ccnc1CSc1cccs1. The van der Waals surface area contributed by atoms with Gasteiger partial charge < -0.3 is 9.47 Å². The zero-order chi connectivity index (χ0) is 15.3. The standard InChI is InChI=1S/C13H12F3NO2S2/c1-18-12-9(7-21-11-3-2-6-20-11)17-5-4-10(12)19-8-13(14,15)16/h2-6H,7-8H2,1H3. The van der Waals surface area contributed by atoms with E-state index in [-0.39, 0.29) is 11.5 Å². The second-order valence-electron chi connectivity index (χ2n) is 3.91. The summed E-state index contributed by atoms with van der Waals surface area (Å²) in [6.07, 6.45) is -2.97. The van der Waals surface area contributed by atoms with Crippen LogP contribution in [0, 0.1) is 0 Å². The van der Waals surface area contributed by atoms with E-state index in [4.69, 9.17) is 9.47 Å². The van der Waals surface area contributed by atoms with Gasteiger partial charge in [-0.05, 0) is 11.4 Å². The Balaban J connectivity index is 2.10. The van der Waals surface area contributed by atoms with E-state index < -0.39 is 12.8 Å². The fraction of sp³-hybridized carbons (Fsp3) is 0.308. The molecule has 2 heterocycles. The van der Waals surface area contributed by atoms with Crippen molar-refractivity contribution in [3.63, 3.8) is 0 Å². The monoisotopic (exact) mass is 335 g/mol. The molecule has 2 aromatic heterocycles. The molecule has 0 N–H and O–H groups in total. The van der Waals surface area contributed by atoms with E-state index in [1.807, 2.05) is 17.5 Å². The fourth-order valence-electron chi connectivity index (χ4n) is 1.55. The number of thioether (sulfide) groups is 1. The molecule has 2 aromatic rings. The van der Waals surface area contributed by atoms with Crippen molar-refractivity contribution in [1.29, 1.82) is 0 Å². The van der Waals surface area contributed by atoms with Crippen molar-refractivity contribution in [3.8, 4) is 11.5 Å². The Morgan fingerprint density at radius 3 is 2.76 bits per heavy atom. The van der Waals surface area contributed by atoms with Crippen LogP contribution in [0.5, 0.6) is 11.5 Å². The number of rotatable bonds is 6. The van der Waals surface area contributed by atoms with Gasteiger partial charge in [0.15, 0.2) is 18.1 Å². The summed E-state index contributed by atoms with van der Waals surface area (Å²) in [6.45, 7) is -1.36. The molecule has 0 saturated carbocycles. The molecule has 0 aliphatic heterocycles. The van der Waals surface area contributed by atoms with Crippen LogP contribution in [0.3, 0.4) is 0 Å². The molecule has 21 heavy (non-hydrogen) atoms. The lowest BCUT2D eigenvalue weighted by atomic mass is 10.3. The first kappa shape index (κ1) is 16.0. The van der Waals surface area contributed by atoms with Crippen LogP contribution in [0.1, 0.15) is 5.69 Å². The lowest BCUT2D eigenvalue weighted by molar-refractivity contribution is -0.153. The molecule has 2 rings (SSSR count). The predicted molar refractivity (Wildman–Crippen MR) is 76.2 cm³/mol. The van der Waals surface area contributed by atoms with E-state index in [0.717, 1.165) is 4.21 Å². The highest BCUT2D eigenvalue weighted by Crippen LogP contribution is 2.35. The lowest BCUT2D eigenvalue weighted by Crippen LogP contribution is -2.19. The van der Waals surface area contributed by atoms with E-state index in [1.54, 1.807) is 23.1 Å². The Morgan fingerprint density at radius 1 is 1.33 bits per heavy atom. The highest BCUT2D eigenvalue weighted by molar-refractivity contribution is 8.00. The first-order valence-electron chi connectivity index (χ1n) is 5.87. The number of methoxy groups -OCH3 is 1. The number of pyridine rings is 1. The zero-order valence-electron chi connectivity index (χ0n) is 11.0. The molecule has 8 heteroatoms. The van der Waals surface area contributed by atoms with Crippen molar-refractivity contribution in [2.24, 2.45) is 0 Å². The van der Waals surface area contributed by atoms with Gasteiger partial charge in [0.2, 0.25) is 0 Å². The van der Waals surface area contributed by atoms with Gasteiger partial charge in [0.1, 0.15) is 0 Å². The average molecular weight is 335 g/mol. The van der Waals surface area contributed by atoms with Gasteiger partial charge in [0.05, 0.1) is 17.0 Å². The molecule has 114 valence electrons. The van der Waals surface area contributed by atoms with Gasteiger partial charge in [0.25, 0.3) is 0 Å². The van der Waals surface area contributed by atoms with Crippen LogP contribution in [-0.2, 0) is 5.75 Å². The first-order valence-corrected chi connectivity index (χ1v) is 7.74. The number of aromatic nitrogens is 1. The number of nitrogens with zero attached hydrogens (tertiary/aromatic N) is 1. The second-order valence-corrected chi connectivity index (χ2v) is 6.14. The van der Waals surface area contributed by atoms with Crippen LogP contribution in [-0.4, -0.2) is 24.9 Å². The third-order valence-corrected chi connectivity index (χ3v) is 4.53. The Kier molecular flexibility index (Phi) is 5.35. The highest BCUT2D eigenvalue weighted by Gasteiger charge is 2.29. The van der Waals surface area contributed by atoms with Crippen LogP contribution < -0.4 is 9.47 Å². The van der Waals surface area contributed by atoms with Crippen LogP contribution in [0.4, 0.5) is 13.2 Å². The Morgan fingerprint density at radius 2 is 2.14 bits per heavy atom. The molecule has 0 aliphatic carbocycles. The molecule has 0 aliphatic rings. The summed E-state index contributed by atoms with van der Waals surface area (Å²) >= 11 is 3.13. The molecule has 0 unspecified atom stereocenters. The minimum Gasteiger partial charge on any atom is -0.491 e. The zero-order valence-corrected chi connectivity index (χ0v) is 12.6. The molecule has 0 saturated heterocycles. The number of thiophene rings is 1. The summed E-state index contributed by atoms with van der Waals surface area (Å²) in [5.41, 5.74) is 0.551. The quantitative estimate of drug-likeness (QED) is 0.733. The molecule has 0 fully saturated rings. The normalized spacial score (nSPS) is 11.4. The van der Waals surface area contributed by atoms with Crippen LogP contribution in [0.2, 0.25) is 0 Å². The highest BCUT2D eigenvalue weighted by atomic mass is 32.2. The Labute approximate surface area is 128 Å². The molecule has 0 bridgehead atoms. The molecule has 0 radical (unpaired) electrons. The molecular formula is C13H12F3NO2S2. The van der Waals surface area contributed by atoms with Gasteiger partial charge in [0, 0.05) is 18.0 Å². The number of ether oxygens (including phenoxy) is 2. The maximum absolute atomic E-state index is 12.2. The minimum absolute atomic E-state index is 0.0478. The molecule has 0 atom stereocenters. The second kappa shape index (κ2) is 7.04. The van der Waals surface area contributed by atoms with Gasteiger partial charge in [-0.25, -0.2) is 0 Å². The molecule has 0 spiro atoms. The lowest BCUT2D eigenvalue weighted by Gasteiger charge is -2.14. The van der Waals surface area contributed by atoms with Crippen LogP contribution in [0.15, 0.2) is 34.0 Å². The molecular weight excluding hydrogens is 323 g/mol. The van der Waals surface area contributed by atoms with Gasteiger partial charge in [-0.1, -0.05) is 6.07 Å². The number of hydrogen-bond donors (Lipinski definition) is 0. The predicted octanol–water partition coefficient (Wildman–Crippen LogP) is 4.39. The minimum atomic E-state index is -4.39. The Hall–Kier alpha value is -1.41. The largest absolute Gasteiger partial charge is 0.491 e. The third kappa shape index (κ3) is 4.82. The van der Waals surface area contributed by atoms with Crippen molar-refractivity contribution in [2.75, 3.05) is 13.7 Å². The van der Waals surface area contributed by atoms with Crippen LogP contribution in [0.25, 0.3) is 0 Å². The average Bonchev–Trinajstić information content (AvgIpc) is 2.95. The topological polar surface area (TPSA) is 31.4 Å². The summed E-state index contributed by atoms with van der Waals surface area (Å²) in [4.78, 5) is 4.15. The number of alkyl halides is 3. The number of hydrogen-bond acceptors (Lipinski definition) is 5. The Bertz CT molecular complexity index is 573. The molecule has 0 amide bonds. The summed E-state index contributed by atoms with van der Waals surface area (Å²) in [5, 5.41) is 1.95. The van der Waals surface area contributed by atoms with E-state index in [2.05, 4.69) is 4.98 Å². The molecule has 3 nitrogen and oxygen atoms in total. The number of halogens is 3. The van der Waals surface area contributed by atoms with E-state index in [9.17, 15) is 13.2 Å².